The van der Waals surface area contributed by atoms with Crippen LogP contribution >= 0.6 is 23.2 Å². The standard InChI is InChI=1S/C15H21Cl2NO/c1-10(2)8-18-9-11-5-6-19-15(11)13-4-3-12(16)7-14(13)17/h3-4,7,10-11,15,18H,5-6,8-9H2,1-2H3. The first kappa shape index (κ1) is 15.1. The van der Waals surface area contributed by atoms with Crippen LogP contribution < -0.4 is 5.32 Å². The Hall–Kier alpha value is -0.280. The minimum atomic E-state index is 0.0874. The van der Waals surface area contributed by atoms with Crippen molar-refractivity contribution in [3.8, 4) is 0 Å². The predicted octanol–water partition coefficient (Wildman–Crippen LogP) is 4.32. The Kier molecular flexibility index (Phi) is 5.52. The first-order chi connectivity index (χ1) is 9.08. The van der Waals surface area contributed by atoms with E-state index in [9.17, 15) is 0 Å². The van der Waals surface area contributed by atoms with Crippen LogP contribution in [0, 0.1) is 11.8 Å². The van der Waals surface area contributed by atoms with Crippen LogP contribution in [0.3, 0.4) is 0 Å². The van der Waals surface area contributed by atoms with E-state index >= 15 is 0 Å². The monoisotopic (exact) mass is 301 g/mol. The minimum absolute atomic E-state index is 0.0874. The van der Waals surface area contributed by atoms with E-state index < -0.39 is 0 Å². The Bertz CT molecular complexity index is 423. The molecule has 1 fully saturated rings. The second-order valence-corrected chi connectivity index (χ2v) is 6.40. The van der Waals surface area contributed by atoms with E-state index in [2.05, 4.69) is 19.2 Å². The SMILES string of the molecule is CC(C)CNCC1CCOC1c1ccc(Cl)cc1Cl. The van der Waals surface area contributed by atoms with Crippen molar-refractivity contribution in [3.63, 3.8) is 0 Å². The molecule has 0 aromatic heterocycles. The summed E-state index contributed by atoms with van der Waals surface area (Å²) in [7, 11) is 0. The number of halogens is 2. The molecule has 0 saturated carbocycles. The first-order valence-corrected chi connectivity index (χ1v) is 7.60. The summed E-state index contributed by atoms with van der Waals surface area (Å²) in [6.07, 6.45) is 1.17. The van der Waals surface area contributed by atoms with Gasteiger partial charge in [-0.15, -0.1) is 0 Å². The molecule has 2 nitrogen and oxygen atoms in total. The Morgan fingerprint density at radius 1 is 1.37 bits per heavy atom. The van der Waals surface area contributed by atoms with Gasteiger partial charge in [-0.2, -0.15) is 0 Å². The zero-order valence-corrected chi connectivity index (χ0v) is 13.0. The van der Waals surface area contributed by atoms with Gasteiger partial charge in [-0.05, 0) is 36.6 Å². The molecule has 1 aliphatic heterocycles. The highest BCUT2D eigenvalue weighted by atomic mass is 35.5. The van der Waals surface area contributed by atoms with Gasteiger partial charge in [0.2, 0.25) is 0 Å². The normalized spacial score (nSPS) is 23.2. The van der Waals surface area contributed by atoms with Crippen LogP contribution in [0.5, 0.6) is 0 Å². The summed E-state index contributed by atoms with van der Waals surface area (Å²) in [5.41, 5.74) is 1.06. The van der Waals surface area contributed by atoms with Crippen LogP contribution in [0.4, 0.5) is 0 Å². The summed E-state index contributed by atoms with van der Waals surface area (Å²) in [5.74, 6) is 1.15. The lowest BCUT2D eigenvalue weighted by Gasteiger charge is -2.21. The number of ether oxygens (including phenoxy) is 1. The van der Waals surface area contributed by atoms with Gasteiger partial charge in [0.25, 0.3) is 0 Å². The minimum Gasteiger partial charge on any atom is -0.373 e. The van der Waals surface area contributed by atoms with Crippen molar-refractivity contribution in [1.29, 1.82) is 0 Å². The van der Waals surface area contributed by atoms with E-state index in [1.54, 1.807) is 6.07 Å². The summed E-state index contributed by atoms with van der Waals surface area (Å²) in [6, 6.07) is 5.65. The van der Waals surface area contributed by atoms with Gasteiger partial charge in [0.05, 0.1) is 6.10 Å². The van der Waals surface area contributed by atoms with Crippen LogP contribution in [-0.4, -0.2) is 19.7 Å². The van der Waals surface area contributed by atoms with E-state index in [0.717, 1.165) is 31.7 Å². The lowest BCUT2D eigenvalue weighted by molar-refractivity contribution is 0.0904. The molecule has 2 rings (SSSR count). The second-order valence-electron chi connectivity index (χ2n) is 5.56. The van der Waals surface area contributed by atoms with Crippen molar-refractivity contribution in [1.82, 2.24) is 5.32 Å². The van der Waals surface area contributed by atoms with Crippen molar-refractivity contribution in [2.24, 2.45) is 11.8 Å². The number of hydrogen-bond acceptors (Lipinski definition) is 2. The molecule has 0 bridgehead atoms. The van der Waals surface area contributed by atoms with Crippen molar-refractivity contribution in [2.45, 2.75) is 26.4 Å². The lowest BCUT2D eigenvalue weighted by Crippen LogP contribution is -2.28. The number of nitrogens with one attached hydrogen (secondary N) is 1. The van der Waals surface area contributed by atoms with E-state index in [1.165, 1.54) is 0 Å². The van der Waals surface area contributed by atoms with Gasteiger partial charge in [0.1, 0.15) is 0 Å². The van der Waals surface area contributed by atoms with Crippen LogP contribution in [0.2, 0.25) is 10.0 Å². The molecule has 106 valence electrons. The average Bonchev–Trinajstić information content (AvgIpc) is 2.77. The van der Waals surface area contributed by atoms with E-state index in [1.807, 2.05) is 12.1 Å². The molecule has 1 N–H and O–H groups in total. The highest BCUT2D eigenvalue weighted by molar-refractivity contribution is 6.35. The highest BCUT2D eigenvalue weighted by Crippen LogP contribution is 2.38. The molecular formula is C15H21Cl2NO. The predicted molar refractivity (Wildman–Crippen MR) is 81.0 cm³/mol. The average molecular weight is 302 g/mol. The van der Waals surface area contributed by atoms with Gasteiger partial charge in [0.15, 0.2) is 0 Å². The highest BCUT2D eigenvalue weighted by Gasteiger charge is 2.30. The molecule has 19 heavy (non-hydrogen) atoms. The third kappa shape index (κ3) is 4.09. The molecule has 0 aliphatic carbocycles. The molecule has 0 spiro atoms. The quantitative estimate of drug-likeness (QED) is 0.874. The van der Waals surface area contributed by atoms with Gasteiger partial charge in [-0.25, -0.2) is 0 Å². The topological polar surface area (TPSA) is 21.3 Å². The summed E-state index contributed by atoms with van der Waals surface area (Å²) < 4.78 is 5.86. The van der Waals surface area contributed by atoms with Crippen LogP contribution in [0.1, 0.15) is 31.9 Å². The van der Waals surface area contributed by atoms with Gasteiger partial charge in [0, 0.05) is 29.1 Å². The van der Waals surface area contributed by atoms with Crippen LogP contribution in [-0.2, 0) is 4.74 Å². The zero-order valence-electron chi connectivity index (χ0n) is 11.5. The van der Waals surface area contributed by atoms with Crippen molar-refractivity contribution < 1.29 is 4.74 Å². The van der Waals surface area contributed by atoms with Crippen molar-refractivity contribution in [2.75, 3.05) is 19.7 Å². The van der Waals surface area contributed by atoms with E-state index in [-0.39, 0.29) is 6.10 Å². The number of rotatable bonds is 5. The Morgan fingerprint density at radius 2 is 2.16 bits per heavy atom. The van der Waals surface area contributed by atoms with Gasteiger partial charge in [-0.1, -0.05) is 43.1 Å². The Labute approximate surface area is 125 Å². The van der Waals surface area contributed by atoms with Gasteiger partial charge < -0.3 is 10.1 Å². The molecule has 1 aliphatic rings. The zero-order chi connectivity index (χ0) is 13.8. The largest absolute Gasteiger partial charge is 0.373 e. The van der Waals surface area contributed by atoms with Crippen molar-refractivity contribution >= 4 is 23.2 Å². The molecule has 0 radical (unpaired) electrons. The fourth-order valence-electron chi connectivity index (χ4n) is 2.48. The maximum absolute atomic E-state index is 6.27. The molecule has 1 heterocycles. The fourth-order valence-corrected chi connectivity index (χ4v) is 2.99. The molecule has 1 aromatic rings. The summed E-state index contributed by atoms with van der Waals surface area (Å²) in [4.78, 5) is 0. The summed E-state index contributed by atoms with van der Waals surface area (Å²) >= 11 is 12.2. The van der Waals surface area contributed by atoms with E-state index in [4.69, 9.17) is 27.9 Å². The third-order valence-electron chi connectivity index (χ3n) is 3.44. The molecular weight excluding hydrogens is 281 g/mol. The maximum atomic E-state index is 6.27. The Morgan fingerprint density at radius 3 is 2.84 bits per heavy atom. The van der Waals surface area contributed by atoms with Crippen LogP contribution in [0.15, 0.2) is 18.2 Å². The Balaban J connectivity index is 2.01. The summed E-state index contributed by atoms with van der Waals surface area (Å²) in [6.45, 7) is 7.24. The van der Waals surface area contributed by atoms with Crippen LogP contribution in [0.25, 0.3) is 0 Å². The van der Waals surface area contributed by atoms with E-state index in [0.29, 0.717) is 21.9 Å². The molecule has 2 unspecified atom stereocenters. The maximum Gasteiger partial charge on any atom is 0.0880 e. The number of benzene rings is 1. The second kappa shape index (κ2) is 6.94. The number of hydrogen-bond donors (Lipinski definition) is 1. The molecule has 1 saturated heterocycles. The smallest absolute Gasteiger partial charge is 0.0880 e. The molecule has 2 atom stereocenters. The van der Waals surface area contributed by atoms with Gasteiger partial charge in [-0.3, -0.25) is 0 Å². The van der Waals surface area contributed by atoms with Crippen molar-refractivity contribution in [3.05, 3.63) is 33.8 Å². The molecule has 4 heteroatoms. The fraction of sp³-hybridized carbons (Fsp3) is 0.600. The third-order valence-corrected chi connectivity index (χ3v) is 4.00. The molecule has 1 aromatic carbocycles. The summed E-state index contributed by atoms with van der Waals surface area (Å²) in [5, 5.41) is 4.88. The molecule has 0 amide bonds. The van der Waals surface area contributed by atoms with Gasteiger partial charge >= 0.3 is 0 Å². The lowest BCUT2D eigenvalue weighted by atomic mass is 9.95. The first-order valence-electron chi connectivity index (χ1n) is 6.85.